The molecular weight excluding hydrogens is 184 g/mol. The molecule has 0 spiro atoms. The molecule has 0 aromatic carbocycles. The molecule has 0 saturated heterocycles. The molecule has 2 nitrogen and oxygen atoms in total. The van der Waals surface area contributed by atoms with Crippen molar-refractivity contribution in [2.75, 3.05) is 13.1 Å². The van der Waals surface area contributed by atoms with Crippen molar-refractivity contribution >= 4 is 0 Å². The van der Waals surface area contributed by atoms with E-state index in [1.165, 1.54) is 25.7 Å². The van der Waals surface area contributed by atoms with Gasteiger partial charge in [0.2, 0.25) is 0 Å². The van der Waals surface area contributed by atoms with E-state index < -0.39 is 0 Å². The van der Waals surface area contributed by atoms with E-state index in [4.69, 9.17) is 5.73 Å². The minimum atomic E-state index is 0.770. The van der Waals surface area contributed by atoms with E-state index in [-0.39, 0.29) is 0 Å². The highest BCUT2D eigenvalue weighted by atomic mass is 14.8. The van der Waals surface area contributed by atoms with Crippen molar-refractivity contribution in [3.63, 3.8) is 0 Å². The molecule has 0 heterocycles. The monoisotopic (exact) mass is 210 g/mol. The fraction of sp³-hybridized carbons (Fsp3) is 0.846. The molecule has 2 heteroatoms. The average Bonchev–Trinajstić information content (AvgIpc) is 3.04. The van der Waals surface area contributed by atoms with Crippen molar-refractivity contribution in [2.45, 2.75) is 46.0 Å². The second-order valence-corrected chi connectivity index (χ2v) is 4.93. The van der Waals surface area contributed by atoms with Crippen molar-refractivity contribution in [3.05, 3.63) is 11.8 Å². The Bertz CT molecular complexity index is 195. The summed E-state index contributed by atoms with van der Waals surface area (Å²) in [5.41, 5.74) is 6.99. The third-order valence-corrected chi connectivity index (χ3v) is 3.24. The van der Waals surface area contributed by atoms with Crippen LogP contribution in [0, 0.1) is 11.8 Å². The van der Waals surface area contributed by atoms with Crippen LogP contribution in [0.2, 0.25) is 0 Å². The van der Waals surface area contributed by atoms with Gasteiger partial charge < -0.3 is 11.1 Å². The topological polar surface area (TPSA) is 38.0 Å². The summed E-state index contributed by atoms with van der Waals surface area (Å²) >= 11 is 0. The van der Waals surface area contributed by atoms with Gasteiger partial charge in [0.25, 0.3) is 0 Å². The summed E-state index contributed by atoms with van der Waals surface area (Å²) in [4.78, 5) is 0. The molecule has 1 aliphatic rings. The maximum absolute atomic E-state index is 5.92. The number of nitrogens with two attached hydrogens (primary N) is 1. The van der Waals surface area contributed by atoms with Crippen molar-refractivity contribution in [3.8, 4) is 0 Å². The molecule has 0 aliphatic heterocycles. The van der Waals surface area contributed by atoms with Gasteiger partial charge in [-0.3, -0.25) is 0 Å². The number of hydrogen-bond acceptors (Lipinski definition) is 2. The number of allylic oxidation sites excluding steroid dienone is 1. The number of nitrogens with one attached hydrogen (secondary N) is 1. The summed E-state index contributed by atoms with van der Waals surface area (Å²) in [5.74, 6) is 1.76. The molecule has 0 radical (unpaired) electrons. The molecule has 0 aromatic heterocycles. The fourth-order valence-corrected chi connectivity index (χ4v) is 1.56. The molecule has 1 aliphatic carbocycles. The van der Waals surface area contributed by atoms with Crippen LogP contribution in [0.1, 0.15) is 46.0 Å². The number of hydrogen-bond donors (Lipinski definition) is 2. The SMILES string of the molecule is CCC(C)CNC/C=C(/N)CCC1CC1. The normalized spacial score (nSPS) is 19.2. The van der Waals surface area contributed by atoms with Gasteiger partial charge in [-0.1, -0.05) is 39.2 Å². The Labute approximate surface area is 94.3 Å². The van der Waals surface area contributed by atoms with Crippen LogP contribution in [-0.2, 0) is 0 Å². The summed E-state index contributed by atoms with van der Waals surface area (Å²) in [6, 6.07) is 0. The van der Waals surface area contributed by atoms with Gasteiger partial charge in [-0.25, -0.2) is 0 Å². The lowest BCUT2D eigenvalue weighted by Crippen LogP contribution is -2.21. The van der Waals surface area contributed by atoms with Crippen LogP contribution in [-0.4, -0.2) is 13.1 Å². The Kier molecular flexibility index (Phi) is 5.77. The van der Waals surface area contributed by atoms with Crippen LogP contribution in [0.3, 0.4) is 0 Å². The molecule has 1 unspecified atom stereocenters. The Morgan fingerprint density at radius 1 is 1.53 bits per heavy atom. The molecule has 1 atom stereocenters. The molecule has 3 N–H and O–H groups in total. The summed E-state index contributed by atoms with van der Waals surface area (Å²) in [6.07, 6.45) is 8.64. The Morgan fingerprint density at radius 3 is 2.87 bits per heavy atom. The van der Waals surface area contributed by atoms with Crippen LogP contribution in [0.15, 0.2) is 11.8 Å². The molecule has 0 bridgehead atoms. The summed E-state index contributed by atoms with van der Waals surface area (Å²) < 4.78 is 0. The van der Waals surface area contributed by atoms with E-state index in [2.05, 4.69) is 25.2 Å². The molecule has 88 valence electrons. The molecule has 1 fully saturated rings. The smallest absolute Gasteiger partial charge is 0.0154 e. The van der Waals surface area contributed by atoms with Gasteiger partial charge in [0.15, 0.2) is 0 Å². The first-order chi connectivity index (χ1) is 7.22. The minimum absolute atomic E-state index is 0.770. The predicted octanol–water partition coefficient (Wildman–Crippen LogP) is 2.65. The zero-order valence-electron chi connectivity index (χ0n) is 10.3. The van der Waals surface area contributed by atoms with Gasteiger partial charge >= 0.3 is 0 Å². The van der Waals surface area contributed by atoms with Gasteiger partial charge in [0.05, 0.1) is 0 Å². The molecule has 0 aromatic rings. The molecule has 0 amide bonds. The van der Waals surface area contributed by atoms with E-state index in [1.54, 1.807) is 0 Å². The molecule has 15 heavy (non-hydrogen) atoms. The lowest BCUT2D eigenvalue weighted by Gasteiger charge is -2.08. The van der Waals surface area contributed by atoms with Gasteiger partial charge in [-0.2, -0.15) is 0 Å². The van der Waals surface area contributed by atoms with Gasteiger partial charge in [0, 0.05) is 12.2 Å². The average molecular weight is 210 g/mol. The van der Waals surface area contributed by atoms with Crippen molar-refractivity contribution in [1.29, 1.82) is 0 Å². The van der Waals surface area contributed by atoms with E-state index in [0.717, 1.165) is 37.0 Å². The quantitative estimate of drug-likeness (QED) is 0.604. The fourth-order valence-electron chi connectivity index (χ4n) is 1.56. The van der Waals surface area contributed by atoms with Gasteiger partial charge in [0.1, 0.15) is 0 Å². The highest BCUT2D eigenvalue weighted by Gasteiger charge is 2.20. The van der Waals surface area contributed by atoms with Gasteiger partial charge in [-0.05, 0) is 31.2 Å². The maximum atomic E-state index is 5.92. The first kappa shape index (κ1) is 12.6. The first-order valence-electron chi connectivity index (χ1n) is 6.37. The lowest BCUT2D eigenvalue weighted by molar-refractivity contribution is 0.516. The Morgan fingerprint density at radius 2 is 2.27 bits per heavy atom. The van der Waals surface area contributed by atoms with Crippen molar-refractivity contribution in [2.24, 2.45) is 17.6 Å². The summed E-state index contributed by atoms with van der Waals surface area (Å²) in [7, 11) is 0. The predicted molar refractivity (Wildman–Crippen MR) is 66.6 cm³/mol. The molecule has 1 saturated carbocycles. The highest BCUT2D eigenvalue weighted by Crippen LogP contribution is 2.33. The van der Waals surface area contributed by atoms with Crippen molar-refractivity contribution in [1.82, 2.24) is 5.32 Å². The largest absolute Gasteiger partial charge is 0.402 e. The van der Waals surface area contributed by atoms with Crippen LogP contribution < -0.4 is 11.1 Å². The molecule has 1 rings (SSSR count). The second-order valence-electron chi connectivity index (χ2n) is 4.93. The van der Waals surface area contributed by atoms with E-state index in [1.807, 2.05) is 0 Å². The summed E-state index contributed by atoms with van der Waals surface area (Å²) in [6.45, 7) is 6.53. The van der Waals surface area contributed by atoms with E-state index in [9.17, 15) is 0 Å². The van der Waals surface area contributed by atoms with Crippen LogP contribution in [0.25, 0.3) is 0 Å². The highest BCUT2D eigenvalue weighted by molar-refractivity contribution is 4.98. The minimum Gasteiger partial charge on any atom is -0.402 e. The standard InChI is InChI=1S/C13H26N2/c1-3-11(2)10-15-9-8-13(14)7-6-12-4-5-12/h8,11-12,15H,3-7,9-10,14H2,1-2H3/b13-8+. The van der Waals surface area contributed by atoms with Crippen molar-refractivity contribution < 1.29 is 0 Å². The second kappa shape index (κ2) is 6.89. The van der Waals surface area contributed by atoms with Crippen LogP contribution in [0.5, 0.6) is 0 Å². The first-order valence-corrected chi connectivity index (χ1v) is 6.37. The molecular formula is C13H26N2. The maximum Gasteiger partial charge on any atom is 0.0154 e. The summed E-state index contributed by atoms with van der Waals surface area (Å²) in [5, 5.41) is 3.41. The Balaban J connectivity index is 1.97. The van der Waals surface area contributed by atoms with E-state index >= 15 is 0 Å². The third kappa shape index (κ3) is 6.56. The lowest BCUT2D eigenvalue weighted by atomic mass is 10.1. The third-order valence-electron chi connectivity index (χ3n) is 3.24. The van der Waals surface area contributed by atoms with Crippen LogP contribution in [0.4, 0.5) is 0 Å². The van der Waals surface area contributed by atoms with Gasteiger partial charge in [-0.15, -0.1) is 0 Å². The van der Waals surface area contributed by atoms with Crippen LogP contribution >= 0.6 is 0 Å². The van der Waals surface area contributed by atoms with E-state index in [0.29, 0.717) is 0 Å². The zero-order valence-corrected chi connectivity index (χ0v) is 10.3. The Hall–Kier alpha value is -0.500. The zero-order chi connectivity index (χ0) is 11.1. The number of rotatable bonds is 8.